The van der Waals surface area contributed by atoms with E-state index in [0.717, 1.165) is 0 Å². The molecule has 1 aliphatic carbocycles. The van der Waals surface area contributed by atoms with Crippen molar-refractivity contribution in [1.29, 1.82) is 5.26 Å². The van der Waals surface area contributed by atoms with E-state index in [1.807, 2.05) is 40.7 Å². The van der Waals surface area contributed by atoms with Gasteiger partial charge in [0.15, 0.2) is 0 Å². The molecule has 2 atom stereocenters. The van der Waals surface area contributed by atoms with Crippen LogP contribution in [0, 0.1) is 28.6 Å². The van der Waals surface area contributed by atoms with E-state index in [-0.39, 0.29) is 35.4 Å². The van der Waals surface area contributed by atoms with Crippen molar-refractivity contribution in [2.75, 3.05) is 6.61 Å². The van der Waals surface area contributed by atoms with Crippen LogP contribution in [-0.2, 0) is 19.1 Å². The first-order valence-electron chi connectivity index (χ1n) is 7.06. The number of esters is 2. The van der Waals surface area contributed by atoms with Gasteiger partial charge in [0.2, 0.25) is 0 Å². The van der Waals surface area contributed by atoms with E-state index in [1.54, 1.807) is 6.92 Å². The maximum Gasteiger partial charge on any atom is 0.348 e. The largest absolute Gasteiger partial charge is 0.462 e. The van der Waals surface area contributed by atoms with Gasteiger partial charge in [-0.15, -0.1) is 0 Å². The van der Waals surface area contributed by atoms with Crippen LogP contribution in [0.25, 0.3) is 0 Å². The highest BCUT2D eigenvalue weighted by molar-refractivity contribution is 5.93. The molecule has 1 saturated carbocycles. The van der Waals surface area contributed by atoms with Crippen molar-refractivity contribution in [3.8, 4) is 6.07 Å². The minimum atomic E-state index is -0.648. The summed E-state index contributed by atoms with van der Waals surface area (Å²) in [6.07, 6.45) is 1.53. The van der Waals surface area contributed by atoms with Crippen molar-refractivity contribution < 1.29 is 19.1 Å². The lowest BCUT2D eigenvalue weighted by molar-refractivity contribution is -0.157. The van der Waals surface area contributed by atoms with Gasteiger partial charge in [-0.1, -0.05) is 19.9 Å². The molecule has 0 aromatic heterocycles. The lowest BCUT2D eigenvalue weighted by Gasteiger charge is -2.19. The molecule has 1 aliphatic rings. The van der Waals surface area contributed by atoms with Gasteiger partial charge in [0.05, 0.1) is 12.5 Å². The second-order valence-electron chi connectivity index (χ2n) is 6.77. The molecular weight excluding hydrogens is 270 g/mol. The second kappa shape index (κ2) is 5.88. The molecule has 0 heterocycles. The van der Waals surface area contributed by atoms with Crippen LogP contribution in [0.4, 0.5) is 0 Å². The third kappa shape index (κ3) is 4.07. The van der Waals surface area contributed by atoms with Crippen molar-refractivity contribution in [1.82, 2.24) is 0 Å². The molecule has 5 heteroatoms. The molecule has 0 spiro atoms. The lowest BCUT2D eigenvalue weighted by Crippen LogP contribution is -2.26. The molecule has 0 aromatic rings. The number of rotatable bonds is 4. The molecule has 21 heavy (non-hydrogen) atoms. The summed E-state index contributed by atoms with van der Waals surface area (Å²) in [6, 6.07) is 1.84. The summed E-state index contributed by atoms with van der Waals surface area (Å²) in [5.74, 6) is -1.47. The molecular formula is C16H23NO4. The van der Waals surface area contributed by atoms with Crippen LogP contribution in [0.5, 0.6) is 0 Å². The third-order valence-corrected chi connectivity index (χ3v) is 3.53. The Balaban J connectivity index is 2.88. The minimum Gasteiger partial charge on any atom is -0.462 e. The zero-order valence-corrected chi connectivity index (χ0v) is 13.5. The Bertz CT molecular complexity index is 505. The van der Waals surface area contributed by atoms with Crippen molar-refractivity contribution >= 4 is 11.9 Å². The molecule has 0 amide bonds. The summed E-state index contributed by atoms with van der Waals surface area (Å²) in [6.45, 7) is 11.2. The van der Waals surface area contributed by atoms with Gasteiger partial charge in [-0.2, -0.15) is 5.26 Å². The van der Waals surface area contributed by atoms with Gasteiger partial charge in [-0.05, 0) is 39.0 Å². The summed E-state index contributed by atoms with van der Waals surface area (Å²) in [5, 5.41) is 9.05. The minimum absolute atomic E-state index is 0.0546. The van der Waals surface area contributed by atoms with Crippen LogP contribution < -0.4 is 0 Å². The van der Waals surface area contributed by atoms with Gasteiger partial charge in [-0.25, -0.2) is 4.79 Å². The number of hydrogen-bond donors (Lipinski definition) is 0. The molecule has 1 rings (SSSR count). The predicted octanol–water partition coefficient (Wildman–Crippen LogP) is 2.61. The first kappa shape index (κ1) is 17.2. The highest BCUT2D eigenvalue weighted by atomic mass is 16.6. The molecule has 0 unspecified atom stereocenters. The summed E-state index contributed by atoms with van der Waals surface area (Å²) >= 11 is 0. The molecule has 0 aliphatic heterocycles. The SMILES string of the molecule is CCOC(=O)/C(C#N)=C/[C@@H]1[C@@H](C(=O)OC(C)(C)C)C1(C)C. The zero-order valence-electron chi connectivity index (χ0n) is 13.5. The second-order valence-corrected chi connectivity index (χ2v) is 6.77. The van der Waals surface area contributed by atoms with Crippen molar-refractivity contribution in [3.05, 3.63) is 11.6 Å². The van der Waals surface area contributed by atoms with E-state index in [0.29, 0.717) is 0 Å². The summed E-state index contributed by atoms with van der Waals surface area (Å²) in [4.78, 5) is 23.8. The smallest absolute Gasteiger partial charge is 0.348 e. The summed E-state index contributed by atoms with van der Waals surface area (Å²) < 4.78 is 10.2. The normalized spacial score (nSPS) is 24.0. The molecule has 5 nitrogen and oxygen atoms in total. The van der Waals surface area contributed by atoms with Crippen LogP contribution in [0.15, 0.2) is 11.6 Å². The number of nitrogens with zero attached hydrogens (tertiary/aromatic N) is 1. The average molecular weight is 293 g/mol. The molecule has 116 valence electrons. The topological polar surface area (TPSA) is 76.4 Å². The van der Waals surface area contributed by atoms with Crippen LogP contribution in [0.2, 0.25) is 0 Å². The van der Waals surface area contributed by atoms with Crippen molar-refractivity contribution in [2.24, 2.45) is 17.3 Å². The molecule has 0 saturated heterocycles. The molecule has 0 bridgehead atoms. The fraction of sp³-hybridized carbons (Fsp3) is 0.688. The highest BCUT2D eigenvalue weighted by Gasteiger charge is 2.62. The Morgan fingerprint density at radius 3 is 2.33 bits per heavy atom. The lowest BCUT2D eigenvalue weighted by atomic mass is 10.1. The Morgan fingerprint density at radius 1 is 1.33 bits per heavy atom. The Hall–Kier alpha value is -1.83. The van der Waals surface area contributed by atoms with E-state index >= 15 is 0 Å². The van der Waals surface area contributed by atoms with Gasteiger partial charge in [0.1, 0.15) is 17.2 Å². The number of carbonyl (C=O) groups excluding carboxylic acids is 2. The number of hydrogen-bond acceptors (Lipinski definition) is 5. The number of nitriles is 1. The summed E-state index contributed by atoms with van der Waals surface area (Å²) in [5.41, 5.74) is -0.930. The van der Waals surface area contributed by atoms with Gasteiger partial charge in [-0.3, -0.25) is 4.79 Å². The fourth-order valence-electron chi connectivity index (χ4n) is 2.34. The maximum absolute atomic E-state index is 12.2. The van der Waals surface area contributed by atoms with Crippen LogP contribution in [0.1, 0.15) is 41.5 Å². The summed E-state index contributed by atoms with van der Waals surface area (Å²) in [7, 11) is 0. The fourth-order valence-corrected chi connectivity index (χ4v) is 2.34. The molecule has 0 aromatic carbocycles. The van der Waals surface area contributed by atoms with E-state index < -0.39 is 11.6 Å². The highest BCUT2D eigenvalue weighted by Crippen LogP contribution is 2.60. The Labute approximate surface area is 125 Å². The zero-order chi connectivity index (χ0) is 16.4. The first-order valence-corrected chi connectivity index (χ1v) is 7.06. The Kier molecular flexibility index (Phi) is 4.83. The van der Waals surface area contributed by atoms with Gasteiger partial charge in [0.25, 0.3) is 0 Å². The van der Waals surface area contributed by atoms with E-state index in [4.69, 9.17) is 14.7 Å². The van der Waals surface area contributed by atoms with Crippen LogP contribution in [0.3, 0.4) is 0 Å². The van der Waals surface area contributed by atoms with Crippen molar-refractivity contribution in [3.63, 3.8) is 0 Å². The predicted molar refractivity (Wildman–Crippen MR) is 76.9 cm³/mol. The van der Waals surface area contributed by atoms with Gasteiger partial charge in [0, 0.05) is 0 Å². The average Bonchev–Trinajstić information content (AvgIpc) is 2.85. The molecule has 0 radical (unpaired) electrons. The number of ether oxygens (including phenoxy) is 2. The first-order chi connectivity index (χ1) is 9.54. The molecule has 1 fully saturated rings. The maximum atomic E-state index is 12.2. The van der Waals surface area contributed by atoms with Gasteiger partial charge >= 0.3 is 11.9 Å². The van der Waals surface area contributed by atoms with Crippen LogP contribution >= 0.6 is 0 Å². The third-order valence-electron chi connectivity index (χ3n) is 3.53. The molecule has 0 N–H and O–H groups in total. The quantitative estimate of drug-likeness (QED) is 0.452. The number of carbonyl (C=O) groups is 2. The van der Waals surface area contributed by atoms with E-state index in [1.165, 1.54) is 6.08 Å². The van der Waals surface area contributed by atoms with E-state index in [2.05, 4.69) is 0 Å². The van der Waals surface area contributed by atoms with E-state index in [9.17, 15) is 9.59 Å². The monoisotopic (exact) mass is 293 g/mol. The van der Waals surface area contributed by atoms with Gasteiger partial charge < -0.3 is 9.47 Å². The number of allylic oxidation sites excluding steroid dienone is 1. The van der Waals surface area contributed by atoms with Crippen molar-refractivity contribution in [2.45, 2.75) is 47.1 Å². The standard InChI is InChI=1S/C16H23NO4/c1-7-20-13(18)10(9-17)8-11-12(16(11,5)6)14(19)21-15(2,3)4/h8,11-12H,7H2,1-6H3/b10-8+/t11-,12+/m1/s1. The van der Waals surface area contributed by atoms with Crippen LogP contribution in [-0.4, -0.2) is 24.1 Å². The Morgan fingerprint density at radius 2 is 1.90 bits per heavy atom.